The summed E-state index contributed by atoms with van der Waals surface area (Å²) in [6, 6.07) is 0. The molecule has 0 aromatic carbocycles. The summed E-state index contributed by atoms with van der Waals surface area (Å²) in [7, 11) is 0. The van der Waals surface area contributed by atoms with E-state index in [1.807, 2.05) is 12.5 Å². The molecule has 5 heteroatoms. The van der Waals surface area contributed by atoms with Crippen molar-refractivity contribution in [3.8, 4) is 0 Å². The molecule has 0 bridgehead atoms. The normalized spacial score (nSPS) is 20.0. The predicted octanol–water partition coefficient (Wildman–Crippen LogP) is 1.78. The van der Waals surface area contributed by atoms with Crippen LogP contribution >= 0.6 is 0 Å². The third kappa shape index (κ3) is 2.38. The van der Waals surface area contributed by atoms with Crippen molar-refractivity contribution in [3.05, 3.63) is 18.2 Å². The van der Waals surface area contributed by atoms with Crippen molar-refractivity contribution in [2.75, 3.05) is 0 Å². The zero-order chi connectivity index (χ0) is 12.3. The van der Waals surface area contributed by atoms with Crippen molar-refractivity contribution >= 4 is 11.5 Å². The lowest BCUT2D eigenvalue weighted by atomic mass is 9.93. The molecule has 2 rings (SSSR count). The molecule has 0 saturated carbocycles. The van der Waals surface area contributed by atoms with E-state index in [0.29, 0.717) is 11.8 Å². The van der Waals surface area contributed by atoms with E-state index in [0.717, 1.165) is 37.2 Å². The Balaban J connectivity index is 2.34. The Labute approximate surface area is 101 Å². The fraction of sp³-hybridized carbons (Fsp3) is 0.583. The van der Waals surface area contributed by atoms with E-state index in [-0.39, 0.29) is 0 Å². The summed E-state index contributed by atoms with van der Waals surface area (Å²) in [4.78, 5) is 4.21. The van der Waals surface area contributed by atoms with Crippen LogP contribution in [0.25, 0.3) is 0 Å². The molecule has 1 aliphatic heterocycles. The van der Waals surface area contributed by atoms with Gasteiger partial charge in [-0.05, 0) is 12.8 Å². The molecule has 0 aliphatic carbocycles. The van der Waals surface area contributed by atoms with E-state index >= 15 is 0 Å². The van der Waals surface area contributed by atoms with Gasteiger partial charge < -0.3 is 10.3 Å². The second kappa shape index (κ2) is 5.12. The molecule has 5 nitrogen and oxygen atoms in total. The minimum atomic E-state index is 0.361. The maximum absolute atomic E-state index is 5.73. The second-order valence-electron chi connectivity index (χ2n) is 4.36. The molecule has 1 unspecified atom stereocenters. The quantitative estimate of drug-likeness (QED) is 0.861. The van der Waals surface area contributed by atoms with E-state index in [1.165, 1.54) is 0 Å². The van der Waals surface area contributed by atoms with Crippen LogP contribution in [0.1, 0.15) is 38.8 Å². The van der Waals surface area contributed by atoms with Crippen LogP contribution in [0.3, 0.4) is 0 Å². The Morgan fingerprint density at radius 2 is 2.24 bits per heavy atom. The summed E-state index contributed by atoms with van der Waals surface area (Å²) in [5, 5.41) is 8.27. The Kier molecular flexibility index (Phi) is 3.56. The van der Waals surface area contributed by atoms with Gasteiger partial charge in [0.1, 0.15) is 5.84 Å². The van der Waals surface area contributed by atoms with Crippen LogP contribution in [0, 0.1) is 5.92 Å². The molecule has 1 aliphatic rings. The van der Waals surface area contributed by atoms with E-state index in [9.17, 15) is 0 Å². The molecular formula is C12H19N5. The molecule has 1 atom stereocenters. The van der Waals surface area contributed by atoms with Crippen molar-refractivity contribution in [2.24, 2.45) is 21.9 Å². The van der Waals surface area contributed by atoms with E-state index in [4.69, 9.17) is 5.73 Å². The van der Waals surface area contributed by atoms with Gasteiger partial charge in [-0.15, -0.1) is 5.10 Å². The SMILES string of the molecule is CCCn1cncc1C1=NN=C(N)CC1CC. The van der Waals surface area contributed by atoms with Gasteiger partial charge in [0, 0.05) is 18.9 Å². The number of imidazole rings is 1. The first-order valence-electron chi connectivity index (χ1n) is 6.16. The molecule has 0 saturated heterocycles. The third-order valence-corrected chi connectivity index (χ3v) is 3.06. The van der Waals surface area contributed by atoms with Gasteiger partial charge in [-0.1, -0.05) is 13.8 Å². The number of nitrogens with zero attached hydrogens (tertiary/aromatic N) is 4. The van der Waals surface area contributed by atoms with Gasteiger partial charge in [-0.2, -0.15) is 5.10 Å². The Bertz CT molecular complexity index is 444. The standard InChI is InChI=1S/C12H19N5/c1-3-5-17-8-14-7-10(17)12-9(4-2)6-11(13)15-16-12/h7-9H,3-6H2,1-2H3,(H2,13,15). The van der Waals surface area contributed by atoms with Gasteiger partial charge in [0.15, 0.2) is 0 Å². The Morgan fingerprint density at radius 3 is 2.94 bits per heavy atom. The van der Waals surface area contributed by atoms with Crippen LogP contribution in [-0.4, -0.2) is 21.1 Å². The molecule has 2 N–H and O–H groups in total. The third-order valence-electron chi connectivity index (χ3n) is 3.06. The van der Waals surface area contributed by atoms with Gasteiger partial charge in [0.05, 0.1) is 23.9 Å². The van der Waals surface area contributed by atoms with Crippen molar-refractivity contribution in [1.82, 2.24) is 9.55 Å². The van der Waals surface area contributed by atoms with Crippen molar-refractivity contribution in [2.45, 2.75) is 39.7 Å². The van der Waals surface area contributed by atoms with Gasteiger partial charge >= 0.3 is 0 Å². The minimum Gasteiger partial charge on any atom is -0.386 e. The van der Waals surface area contributed by atoms with Gasteiger partial charge in [-0.3, -0.25) is 0 Å². The number of nitrogens with two attached hydrogens (primary N) is 1. The summed E-state index contributed by atoms with van der Waals surface area (Å²) in [6.45, 7) is 5.27. The van der Waals surface area contributed by atoms with Gasteiger partial charge in [0.25, 0.3) is 0 Å². The molecule has 0 amide bonds. The maximum Gasteiger partial charge on any atom is 0.123 e. The Morgan fingerprint density at radius 1 is 1.41 bits per heavy atom. The first-order valence-corrected chi connectivity index (χ1v) is 6.16. The summed E-state index contributed by atoms with van der Waals surface area (Å²) in [5.74, 6) is 0.988. The summed E-state index contributed by atoms with van der Waals surface area (Å²) < 4.78 is 2.14. The van der Waals surface area contributed by atoms with Crippen LogP contribution in [0.15, 0.2) is 22.7 Å². The lowest BCUT2D eigenvalue weighted by Gasteiger charge is -2.20. The highest BCUT2D eigenvalue weighted by Gasteiger charge is 2.23. The molecule has 0 spiro atoms. The fourth-order valence-corrected chi connectivity index (χ4v) is 2.14. The highest BCUT2D eigenvalue weighted by atomic mass is 15.3. The fourth-order valence-electron chi connectivity index (χ4n) is 2.14. The molecule has 17 heavy (non-hydrogen) atoms. The van der Waals surface area contributed by atoms with Crippen molar-refractivity contribution in [1.29, 1.82) is 0 Å². The zero-order valence-electron chi connectivity index (χ0n) is 10.4. The van der Waals surface area contributed by atoms with Crippen LogP contribution < -0.4 is 5.73 Å². The average molecular weight is 233 g/mol. The molecule has 0 radical (unpaired) electrons. The topological polar surface area (TPSA) is 68.6 Å². The molecule has 2 heterocycles. The molecule has 1 aromatic heterocycles. The molecular weight excluding hydrogens is 214 g/mol. The van der Waals surface area contributed by atoms with E-state index in [1.54, 1.807) is 0 Å². The Hall–Kier alpha value is -1.65. The summed E-state index contributed by atoms with van der Waals surface area (Å²) in [5.41, 5.74) is 7.83. The van der Waals surface area contributed by atoms with Crippen molar-refractivity contribution in [3.63, 3.8) is 0 Å². The predicted molar refractivity (Wildman–Crippen MR) is 69.1 cm³/mol. The molecule has 0 fully saturated rings. The average Bonchev–Trinajstić information content (AvgIpc) is 2.77. The lowest BCUT2D eigenvalue weighted by Crippen LogP contribution is -2.28. The van der Waals surface area contributed by atoms with Crippen LogP contribution in [0.5, 0.6) is 0 Å². The van der Waals surface area contributed by atoms with Crippen molar-refractivity contribution < 1.29 is 0 Å². The molecule has 92 valence electrons. The first-order chi connectivity index (χ1) is 8.26. The largest absolute Gasteiger partial charge is 0.386 e. The summed E-state index contributed by atoms with van der Waals surface area (Å²) in [6.07, 6.45) is 6.63. The smallest absolute Gasteiger partial charge is 0.123 e. The number of hydrogen-bond donors (Lipinski definition) is 1. The number of aryl methyl sites for hydroxylation is 1. The summed E-state index contributed by atoms with van der Waals surface area (Å²) >= 11 is 0. The monoisotopic (exact) mass is 233 g/mol. The minimum absolute atomic E-state index is 0.361. The van der Waals surface area contributed by atoms with Crippen LogP contribution in [0.4, 0.5) is 0 Å². The molecule has 1 aromatic rings. The number of amidine groups is 1. The first kappa shape index (κ1) is 11.8. The highest BCUT2D eigenvalue weighted by molar-refractivity contribution is 6.04. The van der Waals surface area contributed by atoms with E-state index < -0.39 is 0 Å². The maximum atomic E-state index is 5.73. The zero-order valence-corrected chi connectivity index (χ0v) is 10.4. The van der Waals surface area contributed by atoms with E-state index in [2.05, 4.69) is 33.6 Å². The number of rotatable bonds is 4. The van der Waals surface area contributed by atoms with Gasteiger partial charge in [-0.25, -0.2) is 4.98 Å². The number of hydrogen-bond acceptors (Lipinski definition) is 4. The van der Waals surface area contributed by atoms with Crippen LogP contribution in [0.2, 0.25) is 0 Å². The lowest BCUT2D eigenvalue weighted by molar-refractivity contribution is 0.644. The van der Waals surface area contributed by atoms with Gasteiger partial charge in [0.2, 0.25) is 0 Å². The van der Waals surface area contributed by atoms with Crippen LogP contribution in [-0.2, 0) is 6.54 Å². The highest BCUT2D eigenvalue weighted by Crippen LogP contribution is 2.20. The number of aromatic nitrogens is 2. The second-order valence-corrected chi connectivity index (χ2v) is 4.36.